The Morgan fingerprint density at radius 1 is 0.807 bits per heavy atom. The molecule has 1 fully saturated rings. The molecule has 12 heteroatoms. The molecule has 1 saturated heterocycles. The van der Waals surface area contributed by atoms with Crippen LogP contribution in [0.4, 0.5) is 0 Å². The predicted octanol–water partition coefficient (Wildman–Crippen LogP) is 7.49. The number of amides is 1. The highest BCUT2D eigenvalue weighted by atomic mass is 32.2. The number of ether oxygens (including phenoxy) is 2. The molecule has 0 bridgehead atoms. The summed E-state index contributed by atoms with van der Waals surface area (Å²) in [6, 6.07) is 40.3. The van der Waals surface area contributed by atoms with E-state index in [9.17, 15) is 18.3 Å². The van der Waals surface area contributed by atoms with Crippen molar-refractivity contribution in [2.24, 2.45) is 0 Å². The molecule has 4 unspecified atom stereocenters. The van der Waals surface area contributed by atoms with E-state index in [0.717, 1.165) is 44.5 Å². The van der Waals surface area contributed by atoms with Crippen LogP contribution in [-0.4, -0.2) is 47.3 Å². The molecular formula is C45H44N4O6S2. The quantitative estimate of drug-likeness (QED) is 0.0713. The van der Waals surface area contributed by atoms with Crippen molar-refractivity contribution in [1.82, 2.24) is 20.0 Å². The van der Waals surface area contributed by atoms with Gasteiger partial charge in [0.05, 0.1) is 23.7 Å². The first kappa shape index (κ1) is 40.0. The van der Waals surface area contributed by atoms with Crippen LogP contribution in [0.1, 0.15) is 52.2 Å². The summed E-state index contributed by atoms with van der Waals surface area (Å²) in [5.74, 6) is 0.213. The standard InChI is InChI=1S/C45H44N4O6S2/c1-31-12-22-39(23-13-31)57(52,53)49-41(26-32-8-3-2-4-9-32)43(51)48-28-37-10-5-6-11-40(37)34-18-20-36(21-19-34)44-54-38(30-56-45-46-24-7-25-47-45)27-42(55-44)35-16-14-33(29-50)15-17-35/h2-25,38,41-42,44,49-50H,26-30H2,1H3,(H,48,51). The van der Waals surface area contributed by atoms with Gasteiger partial charge in [-0.2, -0.15) is 4.72 Å². The normalized spacial score (nSPS) is 17.5. The largest absolute Gasteiger partial charge is 0.392 e. The van der Waals surface area contributed by atoms with Gasteiger partial charge in [-0.25, -0.2) is 18.4 Å². The van der Waals surface area contributed by atoms with E-state index in [-0.39, 0.29) is 36.7 Å². The Balaban J connectivity index is 1.06. The van der Waals surface area contributed by atoms with Crippen molar-refractivity contribution >= 4 is 27.7 Å². The van der Waals surface area contributed by atoms with Gasteiger partial charge in [0.25, 0.3) is 0 Å². The van der Waals surface area contributed by atoms with E-state index >= 15 is 0 Å². The molecule has 10 nitrogen and oxygen atoms in total. The van der Waals surface area contributed by atoms with E-state index < -0.39 is 28.3 Å². The highest BCUT2D eigenvalue weighted by molar-refractivity contribution is 7.99. The molecule has 3 N–H and O–H groups in total. The molecule has 2 heterocycles. The number of aliphatic hydroxyl groups excluding tert-OH is 1. The fourth-order valence-electron chi connectivity index (χ4n) is 6.64. The van der Waals surface area contributed by atoms with Crippen molar-refractivity contribution in [2.45, 2.75) is 67.5 Å². The van der Waals surface area contributed by atoms with Crippen LogP contribution in [0.15, 0.2) is 156 Å². The van der Waals surface area contributed by atoms with Crippen molar-refractivity contribution in [2.75, 3.05) is 5.75 Å². The maximum atomic E-state index is 13.8. The van der Waals surface area contributed by atoms with Gasteiger partial charge in [0.15, 0.2) is 11.4 Å². The maximum Gasteiger partial charge on any atom is 0.241 e. The lowest BCUT2D eigenvalue weighted by Gasteiger charge is -2.36. The Bertz CT molecular complexity index is 2330. The molecule has 1 aliphatic heterocycles. The summed E-state index contributed by atoms with van der Waals surface area (Å²) in [5, 5.41) is 13.3. The van der Waals surface area contributed by atoms with E-state index in [2.05, 4.69) is 20.0 Å². The third-order valence-corrected chi connectivity index (χ3v) is 12.2. The lowest BCUT2D eigenvalue weighted by Crippen LogP contribution is -2.47. The van der Waals surface area contributed by atoms with E-state index in [1.807, 2.05) is 110 Å². The average molecular weight is 801 g/mol. The number of thioether (sulfide) groups is 1. The summed E-state index contributed by atoms with van der Waals surface area (Å²) in [6.07, 6.45) is 3.28. The molecule has 1 aliphatic rings. The Labute approximate surface area is 337 Å². The van der Waals surface area contributed by atoms with Crippen molar-refractivity contribution in [1.29, 1.82) is 0 Å². The second kappa shape index (κ2) is 18.8. The molecule has 7 rings (SSSR count). The number of rotatable bonds is 15. The number of aliphatic hydroxyl groups is 1. The predicted molar refractivity (Wildman–Crippen MR) is 220 cm³/mol. The van der Waals surface area contributed by atoms with E-state index in [4.69, 9.17) is 9.47 Å². The molecule has 1 amide bonds. The number of hydrogen-bond donors (Lipinski definition) is 3. The molecule has 57 heavy (non-hydrogen) atoms. The fourth-order valence-corrected chi connectivity index (χ4v) is 8.66. The number of carbonyl (C=O) groups is 1. The van der Waals surface area contributed by atoms with Crippen LogP contribution in [0.25, 0.3) is 11.1 Å². The van der Waals surface area contributed by atoms with Gasteiger partial charge in [0, 0.05) is 36.7 Å². The van der Waals surface area contributed by atoms with Crippen LogP contribution >= 0.6 is 11.8 Å². The summed E-state index contributed by atoms with van der Waals surface area (Å²) < 4.78 is 42.5. The summed E-state index contributed by atoms with van der Waals surface area (Å²) >= 11 is 1.54. The number of hydrogen-bond acceptors (Lipinski definition) is 9. The van der Waals surface area contributed by atoms with Crippen LogP contribution in [0, 0.1) is 6.92 Å². The summed E-state index contributed by atoms with van der Waals surface area (Å²) in [7, 11) is -3.98. The third kappa shape index (κ3) is 10.6. The summed E-state index contributed by atoms with van der Waals surface area (Å²) in [4.78, 5) is 22.6. The second-order valence-corrected chi connectivity index (χ2v) is 16.6. The van der Waals surface area contributed by atoms with Crippen LogP contribution in [0.3, 0.4) is 0 Å². The first-order chi connectivity index (χ1) is 27.7. The zero-order valence-corrected chi connectivity index (χ0v) is 33.0. The third-order valence-electron chi connectivity index (χ3n) is 9.75. The lowest BCUT2D eigenvalue weighted by atomic mass is 9.97. The topological polar surface area (TPSA) is 140 Å². The molecule has 0 radical (unpaired) electrons. The Morgan fingerprint density at radius 3 is 2.21 bits per heavy atom. The van der Waals surface area contributed by atoms with Crippen LogP contribution in [-0.2, 0) is 43.9 Å². The van der Waals surface area contributed by atoms with Crippen LogP contribution < -0.4 is 10.0 Å². The van der Waals surface area contributed by atoms with E-state index in [1.165, 1.54) is 23.9 Å². The minimum absolute atomic E-state index is 0.0272. The minimum atomic E-state index is -3.98. The van der Waals surface area contributed by atoms with Gasteiger partial charge in [0.2, 0.25) is 15.9 Å². The van der Waals surface area contributed by atoms with E-state index in [1.54, 1.807) is 30.6 Å². The molecule has 0 aliphatic carbocycles. The Morgan fingerprint density at radius 2 is 1.49 bits per heavy atom. The van der Waals surface area contributed by atoms with Crippen molar-refractivity contribution < 1.29 is 27.8 Å². The minimum Gasteiger partial charge on any atom is -0.392 e. The first-order valence-electron chi connectivity index (χ1n) is 18.7. The number of benzene rings is 5. The lowest BCUT2D eigenvalue weighted by molar-refractivity contribution is -0.245. The number of nitrogens with zero attached hydrogens (tertiary/aromatic N) is 2. The number of aryl methyl sites for hydroxylation is 1. The Kier molecular flexibility index (Phi) is 13.2. The zero-order chi connectivity index (χ0) is 39.6. The van der Waals surface area contributed by atoms with Gasteiger partial charge < -0.3 is 19.9 Å². The Hall–Kier alpha value is -5.21. The molecular weight excluding hydrogens is 757 g/mol. The smallest absolute Gasteiger partial charge is 0.241 e. The molecule has 0 saturated carbocycles. The highest BCUT2D eigenvalue weighted by Gasteiger charge is 2.33. The van der Waals surface area contributed by atoms with Crippen molar-refractivity contribution in [3.63, 3.8) is 0 Å². The highest BCUT2D eigenvalue weighted by Crippen LogP contribution is 2.40. The van der Waals surface area contributed by atoms with E-state index in [0.29, 0.717) is 17.3 Å². The summed E-state index contributed by atoms with van der Waals surface area (Å²) in [5.41, 5.74) is 7.20. The molecule has 6 aromatic rings. The SMILES string of the molecule is Cc1ccc(S(=O)(=O)NC(Cc2ccccc2)C(=O)NCc2ccccc2-c2ccc(C3OC(CSc4ncccn4)CC(c4ccc(CO)cc4)O3)cc2)cc1. The zero-order valence-electron chi connectivity index (χ0n) is 31.4. The fraction of sp³-hybridized carbons (Fsp3) is 0.222. The molecule has 4 atom stereocenters. The van der Waals surface area contributed by atoms with Gasteiger partial charge in [0.1, 0.15) is 6.04 Å². The number of carbonyl (C=O) groups excluding carboxylic acids is 1. The summed E-state index contributed by atoms with van der Waals surface area (Å²) in [6.45, 7) is 2.04. The van der Waals surface area contributed by atoms with Gasteiger partial charge in [-0.3, -0.25) is 4.79 Å². The van der Waals surface area contributed by atoms with Gasteiger partial charge in [-0.15, -0.1) is 0 Å². The number of sulfonamides is 1. The second-order valence-electron chi connectivity index (χ2n) is 13.9. The van der Waals surface area contributed by atoms with Crippen molar-refractivity contribution in [3.05, 3.63) is 179 Å². The van der Waals surface area contributed by atoms with Gasteiger partial charge in [-0.1, -0.05) is 133 Å². The molecule has 0 spiro atoms. The molecule has 5 aromatic carbocycles. The number of aromatic nitrogens is 2. The van der Waals surface area contributed by atoms with Crippen LogP contribution in [0.5, 0.6) is 0 Å². The maximum absolute atomic E-state index is 13.8. The monoisotopic (exact) mass is 800 g/mol. The van der Waals surface area contributed by atoms with Crippen LogP contribution in [0.2, 0.25) is 0 Å². The van der Waals surface area contributed by atoms with Crippen molar-refractivity contribution in [3.8, 4) is 11.1 Å². The molecule has 1 aromatic heterocycles. The molecule has 292 valence electrons. The average Bonchev–Trinajstić information content (AvgIpc) is 3.25. The first-order valence-corrected chi connectivity index (χ1v) is 21.2. The van der Waals surface area contributed by atoms with Gasteiger partial charge >= 0.3 is 0 Å². The number of nitrogens with one attached hydrogen (secondary N) is 2. The van der Waals surface area contributed by atoms with Gasteiger partial charge in [-0.05, 0) is 64.9 Å².